The van der Waals surface area contributed by atoms with E-state index < -0.39 is 0 Å². The van der Waals surface area contributed by atoms with Gasteiger partial charge in [0, 0.05) is 24.7 Å². The molecule has 98 valence electrons. The number of nitrogens with one attached hydrogen (secondary N) is 1. The van der Waals surface area contributed by atoms with E-state index >= 15 is 0 Å². The minimum atomic E-state index is 0.0978. The van der Waals surface area contributed by atoms with E-state index in [9.17, 15) is 4.79 Å². The second-order valence-electron chi connectivity index (χ2n) is 4.72. The molecule has 0 bridgehead atoms. The van der Waals surface area contributed by atoms with Gasteiger partial charge in [0.15, 0.2) is 0 Å². The smallest absolute Gasteiger partial charge is 0.234 e. The second-order valence-corrected chi connectivity index (χ2v) is 5.13. The molecule has 18 heavy (non-hydrogen) atoms. The zero-order chi connectivity index (χ0) is 13.1. The van der Waals surface area contributed by atoms with Crippen LogP contribution in [0.3, 0.4) is 0 Å². The van der Waals surface area contributed by atoms with Crippen molar-refractivity contribution in [2.24, 2.45) is 0 Å². The van der Waals surface area contributed by atoms with E-state index in [1.807, 2.05) is 13.0 Å². The van der Waals surface area contributed by atoms with Crippen LogP contribution in [0.2, 0.25) is 5.02 Å². The van der Waals surface area contributed by atoms with Crippen LogP contribution in [0, 0.1) is 6.92 Å². The summed E-state index contributed by atoms with van der Waals surface area (Å²) in [4.78, 5) is 13.8. The van der Waals surface area contributed by atoms with E-state index in [2.05, 4.69) is 23.2 Å². The predicted molar refractivity (Wildman–Crippen MR) is 73.9 cm³/mol. The minimum absolute atomic E-state index is 0.0978. The fourth-order valence-electron chi connectivity index (χ4n) is 2.41. The number of carbonyl (C=O) groups is 1. The molecular weight excluding hydrogens is 248 g/mol. The number of hydrogen-bond acceptors (Lipinski definition) is 2. The third kappa shape index (κ3) is 2.85. The molecule has 2 rings (SSSR count). The molecule has 0 saturated heterocycles. The van der Waals surface area contributed by atoms with Crippen LogP contribution >= 0.6 is 11.6 Å². The lowest BCUT2D eigenvalue weighted by Gasteiger charge is -2.29. The Hall–Kier alpha value is -1.06. The van der Waals surface area contributed by atoms with E-state index in [1.165, 1.54) is 11.1 Å². The number of likely N-dealkylation sites (N-methyl/N-ethyl adjacent to an activating group) is 1. The van der Waals surface area contributed by atoms with Gasteiger partial charge in [0.25, 0.3) is 0 Å². The number of halogens is 1. The summed E-state index contributed by atoms with van der Waals surface area (Å²) in [6, 6.07) is 4.07. The van der Waals surface area contributed by atoms with E-state index in [4.69, 9.17) is 11.6 Å². The monoisotopic (exact) mass is 266 g/mol. The molecule has 0 fully saturated rings. The number of amides is 1. The first kappa shape index (κ1) is 13.4. The van der Waals surface area contributed by atoms with Crippen LogP contribution in [0.4, 0.5) is 0 Å². The molecule has 3 nitrogen and oxygen atoms in total. The Bertz CT molecular complexity index is 459. The predicted octanol–water partition coefficient (Wildman–Crippen LogP) is 2.14. The molecule has 1 aromatic rings. The van der Waals surface area contributed by atoms with E-state index in [0.29, 0.717) is 13.1 Å². The molecule has 1 amide bonds. The summed E-state index contributed by atoms with van der Waals surface area (Å²) in [7, 11) is 0. The van der Waals surface area contributed by atoms with Gasteiger partial charge in [-0.3, -0.25) is 9.69 Å². The van der Waals surface area contributed by atoms with Gasteiger partial charge in [0.1, 0.15) is 0 Å². The van der Waals surface area contributed by atoms with Gasteiger partial charge in [-0.05, 0) is 43.0 Å². The van der Waals surface area contributed by atoms with Crippen LogP contribution < -0.4 is 5.32 Å². The lowest BCUT2D eigenvalue weighted by molar-refractivity contribution is -0.122. The highest BCUT2D eigenvalue weighted by Gasteiger charge is 2.20. The zero-order valence-corrected chi connectivity index (χ0v) is 11.7. The molecule has 0 spiro atoms. The SMILES string of the molecule is CCNC(=O)CN1CCc2ccc(Cl)c(C)c2C1. The van der Waals surface area contributed by atoms with E-state index in [0.717, 1.165) is 30.1 Å². The highest BCUT2D eigenvalue weighted by molar-refractivity contribution is 6.31. The first-order chi connectivity index (χ1) is 8.61. The van der Waals surface area contributed by atoms with Crippen LogP contribution in [0.15, 0.2) is 12.1 Å². The molecule has 0 radical (unpaired) electrons. The maximum Gasteiger partial charge on any atom is 0.234 e. The van der Waals surface area contributed by atoms with Crippen molar-refractivity contribution in [3.05, 3.63) is 33.8 Å². The van der Waals surface area contributed by atoms with Gasteiger partial charge in [-0.25, -0.2) is 0 Å². The highest BCUT2D eigenvalue weighted by Crippen LogP contribution is 2.27. The van der Waals surface area contributed by atoms with Gasteiger partial charge in [-0.15, -0.1) is 0 Å². The Morgan fingerprint density at radius 3 is 3.00 bits per heavy atom. The number of rotatable bonds is 3. The molecular formula is C14H19ClN2O. The summed E-state index contributed by atoms with van der Waals surface area (Å²) in [5, 5.41) is 3.65. The number of benzene rings is 1. The summed E-state index contributed by atoms with van der Waals surface area (Å²) in [5.74, 6) is 0.0978. The van der Waals surface area contributed by atoms with Crippen molar-refractivity contribution in [1.29, 1.82) is 0 Å². The van der Waals surface area contributed by atoms with Crippen molar-refractivity contribution in [2.75, 3.05) is 19.6 Å². The van der Waals surface area contributed by atoms with Crippen molar-refractivity contribution in [2.45, 2.75) is 26.8 Å². The number of hydrogen-bond donors (Lipinski definition) is 1. The van der Waals surface area contributed by atoms with Crippen LogP contribution in [-0.4, -0.2) is 30.4 Å². The molecule has 0 unspecified atom stereocenters. The summed E-state index contributed by atoms with van der Waals surface area (Å²) >= 11 is 6.15. The van der Waals surface area contributed by atoms with Crippen molar-refractivity contribution in [3.8, 4) is 0 Å². The van der Waals surface area contributed by atoms with Gasteiger partial charge in [-0.1, -0.05) is 17.7 Å². The Balaban J connectivity index is 2.09. The maximum atomic E-state index is 11.6. The summed E-state index contributed by atoms with van der Waals surface area (Å²) in [6.45, 7) is 6.90. The minimum Gasteiger partial charge on any atom is -0.355 e. The molecule has 1 heterocycles. The van der Waals surface area contributed by atoms with Crippen molar-refractivity contribution in [1.82, 2.24) is 10.2 Å². The molecule has 0 aliphatic carbocycles. The Morgan fingerprint density at radius 1 is 1.50 bits per heavy atom. The molecule has 0 aromatic heterocycles. The largest absolute Gasteiger partial charge is 0.355 e. The molecule has 1 N–H and O–H groups in total. The molecule has 4 heteroatoms. The molecule has 1 aliphatic heterocycles. The summed E-state index contributed by atoms with van der Waals surface area (Å²) in [5.41, 5.74) is 3.80. The van der Waals surface area contributed by atoms with Crippen LogP contribution in [-0.2, 0) is 17.8 Å². The van der Waals surface area contributed by atoms with Crippen LogP contribution in [0.25, 0.3) is 0 Å². The number of carbonyl (C=O) groups excluding carboxylic acids is 1. The Kier molecular flexibility index (Phi) is 4.25. The van der Waals surface area contributed by atoms with Crippen LogP contribution in [0.5, 0.6) is 0 Å². The quantitative estimate of drug-likeness (QED) is 0.909. The lowest BCUT2D eigenvalue weighted by Crippen LogP contribution is -2.40. The average molecular weight is 267 g/mol. The first-order valence-corrected chi connectivity index (χ1v) is 6.75. The maximum absolute atomic E-state index is 11.6. The summed E-state index contributed by atoms with van der Waals surface area (Å²) in [6.07, 6.45) is 0.993. The Labute approximate surface area is 113 Å². The first-order valence-electron chi connectivity index (χ1n) is 6.37. The van der Waals surface area contributed by atoms with Gasteiger partial charge in [-0.2, -0.15) is 0 Å². The van der Waals surface area contributed by atoms with Gasteiger partial charge >= 0.3 is 0 Å². The summed E-state index contributed by atoms with van der Waals surface area (Å²) < 4.78 is 0. The van der Waals surface area contributed by atoms with Crippen LogP contribution in [0.1, 0.15) is 23.6 Å². The van der Waals surface area contributed by atoms with Gasteiger partial charge < -0.3 is 5.32 Å². The van der Waals surface area contributed by atoms with Crippen molar-refractivity contribution >= 4 is 17.5 Å². The second kappa shape index (κ2) is 5.72. The fourth-order valence-corrected chi connectivity index (χ4v) is 2.59. The topological polar surface area (TPSA) is 32.3 Å². The third-order valence-electron chi connectivity index (χ3n) is 3.45. The van der Waals surface area contributed by atoms with Gasteiger partial charge in [0.2, 0.25) is 5.91 Å². The molecule has 0 saturated carbocycles. The number of nitrogens with zero attached hydrogens (tertiary/aromatic N) is 1. The number of fused-ring (bicyclic) bond motifs is 1. The van der Waals surface area contributed by atoms with Crippen molar-refractivity contribution in [3.63, 3.8) is 0 Å². The molecule has 1 aliphatic rings. The zero-order valence-electron chi connectivity index (χ0n) is 10.9. The Morgan fingerprint density at radius 2 is 2.28 bits per heavy atom. The standard InChI is InChI=1S/C14H19ClN2O/c1-3-16-14(18)9-17-7-6-11-4-5-13(15)10(2)12(11)8-17/h4-5H,3,6-9H2,1-2H3,(H,16,18). The van der Waals surface area contributed by atoms with Gasteiger partial charge in [0.05, 0.1) is 6.54 Å². The van der Waals surface area contributed by atoms with E-state index in [1.54, 1.807) is 0 Å². The molecule has 0 atom stereocenters. The highest BCUT2D eigenvalue weighted by atomic mass is 35.5. The normalized spacial score (nSPS) is 15.3. The average Bonchev–Trinajstić information content (AvgIpc) is 2.35. The van der Waals surface area contributed by atoms with E-state index in [-0.39, 0.29) is 5.91 Å². The van der Waals surface area contributed by atoms with Crippen molar-refractivity contribution < 1.29 is 4.79 Å². The molecule has 1 aromatic carbocycles. The third-order valence-corrected chi connectivity index (χ3v) is 3.86. The fraction of sp³-hybridized carbons (Fsp3) is 0.500. The lowest BCUT2D eigenvalue weighted by atomic mass is 9.95.